The quantitative estimate of drug-likeness (QED) is 0.907. The zero-order valence-electron chi connectivity index (χ0n) is 14.0. The summed E-state index contributed by atoms with van der Waals surface area (Å²) < 4.78 is 5.44. The zero-order valence-corrected chi connectivity index (χ0v) is 14.0. The van der Waals surface area contributed by atoms with Crippen molar-refractivity contribution in [3.05, 3.63) is 59.0 Å². The highest BCUT2D eigenvalue weighted by atomic mass is 16.3. The van der Waals surface area contributed by atoms with Crippen molar-refractivity contribution in [2.45, 2.75) is 45.2 Å². The van der Waals surface area contributed by atoms with Gasteiger partial charge in [0, 0.05) is 17.5 Å². The summed E-state index contributed by atoms with van der Waals surface area (Å²) in [5.41, 5.74) is 2.62. The van der Waals surface area contributed by atoms with Crippen LogP contribution in [0, 0.1) is 6.92 Å². The van der Waals surface area contributed by atoms with Gasteiger partial charge in [-0.1, -0.05) is 17.7 Å². The second-order valence-corrected chi connectivity index (χ2v) is 6.32. The Morgan fingerprint density at radius 2 is 2.12 bits per heavy atom. The number of aryl methyl sites for hydroxylation is 2. The summed E-state index contributed by atoms with van der Waals surface area (Å²) in [4.78, 5) is 24.7. The summed E-state index contributed by atoms with van der Waals surface area (Å²) in [6, 6.07) is 8.57. The Morgan fingerprint density at radius 1 is 1.29 bits per heavy atom. The van der Waals surface area contributed by atoms with Crippen molar-refractivity contribution in [3.8, 4) is 0 Å². The number of hydrogen-bond acceptors (Lipinski definition) is 3. The zero-order chi connectivity index (χ0) is 17.1. The number of furan rings is 1. The van der Waals surface area contributed by atoms with Gasteiger partial charge in [0.15, 0.2) is 0 Å². The van der Waals surface area contributed by atoms with Crippen LogP contribution in [0.3, 0.4) is 0 Å². The van der Waals surface area contributed by atoms with Crippen molar-refractivity contribution >= 4 is 11.8 Å². The molecule has 0 aliphatic heterocycles. The van der Waals surface area contributed by atoms with Gasteiger partial charge >= 0.3 is 0 Å². The second kappa shape index (κ2) is 6.91. The Hall–Kier alpha value is -2.56. The summed E-state index contributed by atoms with van der Waals surface area (Å²) in [5, 5.41) is 5.77. The third-order valence-electron chi connectivity index (χ3n) is 4.39. The van der Waals surface area contributed by atoms with Crippen molar-refractivity contribution in [1.29, 1.82) is 0 Å². The van der Waals surface area contributed by atoms with Crippen LogP contribution < -0.4 is 10.6 Å². The molecule has 0 fully saturated rings. The van der Waals surface area contributed by atoms with Gasteiger partial charge in [-0.2, -0.15) is 0 Å². The molecule has 0 spiro atoms. The van der Waals surface area contributed by atoms with Gasteiger partial charge in [-0.05, 0) is 44.9 Å². The molecule has 5 nitrogen and oxygen atoms in total. The number of rotatable bonds is 4. The van der Waals surface area contributed by atoms with E-state index in [4.69, 9.17) is 4.42 Å². The number of fused-ring (bicyclic) bond motifs is 1. The molecule has 126 valence electrons. The van der Waals surface area contributed by atoms with E-state index >= 15 is 0 Å². The Labute approximate surface area is 141 Å². The molecule has 0 saturated heterocycles. The molecule has 1 aliphatic rings. The minimum absolute atomic E-state index is 0.0432. The summed E-state index contributed by atoms with van der Waals surface area (Å²) in [5.74, 6) is 0.520. The third-order valence-corrected chi connectivity index (χ3v) is 4.39. The number of carbonyl (C=O) groups excluding carboxylic acids is 2. The topological polar surface area (TPSA) is 71.3 Å². The molecule has 5 heteroatoms. The van der Waals surface area contributed by atoms with E-state index in [0.717, 1.165) is 36.1 Å². The monoisotopic (exact) mass is 326 g/mol. The van der Waals surface area contributed by atoms with E-state index in [1.165, 1.54) is 0 Å². The van der Waals surface area contributed by atoms with E-state index in [9.17, 15) is 9.59 Å². The van der Waals surface area contributed by atoms with E-state index in [2.05, 4.69) is 10.6 Å². The van der Waals surface area contributed by atoms with E-state index < -0.39 is 6.04 Å². The third kappa shape index (κ3) is 3.50. The van der Waals surface area contributed by atoms with E-state index in [0.29, 0.717) is 5.56 Å². The standard InChI is InChI=1S/C19H22N2O3/c1-12-5-3-6-14(11-12)19(23)20-13(2)18(22)21-16-7-4-8-17-15(16)9-10-24-17/h3,5-6,9-11,13,16H,4,7-8H2,1-2H3,(H,20,23)(H,21,22). The number of nitrogens with one attached hydrogen (secondary N) is 2. The van der Waals surface area contributed by atoms with Crippen LogP contribution in [0.1, 0.15) is 53.1 Å². The fourth-order valence-electron chi connectivity index (χ4n) is 3.06. The molecular weight excluding hydrogens is 304 g/mol. The van der Waals surface area contributed by atoms with Crippen LogP contribution in [-0.4, -0.2) is 17.9 Å². The largest absolute Gasteiger partial charge is 0.469 e. The van der Waals surface area contributed by atoms with Crippen molar-refractivity contribution < 1.29 is 14.0 Å². The molecule has 2 atom stereocenters. The lowest BCUT2D eigenvalue weighted by molar-refractivity contribution is -0.123. The molecule has 2 aromatic rings. The Bertz CT molecular complexity index is 751. The molecule has 0 saturated carbocycles. The van der Waals surface area contributed by atoms with Gasteiger partial charge < -0.3 is 15.1 Å². The van der Waals surface area contributed by atoms with Gasteiger partial charge in [0.2, 0.25) is 5.91 Å². The molecule has 1 aromatic carbocycles. The summed E-state index contributed by atoms with van der Waals surface area (Å²) in [7, 11) is 0. The maximum Gasteiger partial charge on any atom is 0.251 e. The number of amides is 2. The lowest BCUT2D eigenvalue weighted by Gasteiger charge is -2.24. The summed E-state index contributed by atoms with van der Waals surface area (Å²) in [6.45, 7) is 3.63. The fraction of sp³-hybridized carbons (Fsp3) is 0.368. The van der Waals surface area contributed by atoms with Crippen molar-refractivity contribution in [3.63, 3.8) is 0 Å². The van der Waals surface area contributed by atoms with Crippen molar-refractivity contribution in [2.24, 2.45) is 0 Å². The molecule has 1 heterocycles. The first kappa shape index (κ1) is 16.3. The van der Waals surface area contributed by atoms with Crippen molar-refractivity contribution in [1.82, 2.24) is 10.6 Å². The maximum absolute atomic E-state index is 12.4. The fourth-order valence-corrected chi connectivity index (χ4v) is 3.06. The maximum atomic E-state index is 12.4. The molecular formula is C19H22N2O3. The highest BCUT2D eigenvalue weighted by molar-refractivity contribution is 5.97. The molecule has 0 radical (unpaired) electrons. The predicted octanol–water partition coefficient (Wildman–Crippen LogP) is 2.90. The smallest absolute Gasteiger partial charge is 0.251 e. The summed E-state index contributed by atoms with van der Waals surface area (Å²) >= 11 is 0. The molecule has 0 bridgehead atoms. The molecule has 1 aromatic heterocycles. The van der Waals surface area contributed by atoms with Crippen LogP contribution >= 0.6 is 0 Å². The molecule has 2 amide bonds. The lowest BCUT2D eigenvalue weighted by Crippen LogP contribution is -2.46. The van der Waals surface area contributed by atoms with Crippen LogP contribution in [0.2, 0.25) is 0 Å². The highest BCUT2D eigenvalue weighted by Gasteiger charge is 2.26. The average molecular weight is 326 g/mol. The van der Waals surface area contributed by atoms with Crippen LogP contribution in [0.5, 0.6) is 0 Å². The van der Waals surface area contributed by atoms with E-state index in [-0.39, 0.29) is 17.9 Å². The predicted molar refractivity (Wildman–Crippen MR) is 90.6 cm³/mol. The number of hydrogen-bond donors (Lipinski definition) is 2. The second-order valence-electron chi connectivity index (χ2n) is 6.32. The minimum Gasteiger partial charge on any atom is -0.469 e. The van der Waals surface area contributed by atoms with Gasteiger partial charge in [-0.15, -0.1) is 0 Å². The van der Waals surface area contributed by atoms with Crippen LogP contribution in [0.15, 0.2) is 41.0 Å². The molecule has 24 heavy (non-hydrogen) atoms. The summed E-state index contributed by atoms with van der Waals surface area (Å²) in [6.07, 6.45) is 4.44. The van der Waals surface area contributed by atoms with E-state index in [1.807, 2.05) is 25.1 Å². The normalized spacial score (nSPS) is 17.7. The first-order valence-electron chi connectivity index (χ1n) is 8.29. The average Bonchev–Trinajstić information content (AvgIpc) is 3.04. The van der Waals surface area contributed by atoms with Crippen LogP contribution in [0.25, 0.3) is 0 Å². The molecule has 2 unspecified atom stereocenters. The Kier molecular flexibility index (Phi) is 4.69. The Balaban J connectivity index is 1.61. The SMILES string of the molecule is Cc1cccc(C(=O)NC(C)C(=O)NC2CCCc3occc32)c1. The van der Waals surface area contributed by atoms with Crippen molar-refractivity contribution in [2.75, 3.05) is 0 Å². The minimum atomic E-state index is -0.602. The van der Waals surface area contributed by atoms with Gasteiger partial charge in [0.1, 0.15) is 11.8 Å². The van der Waals surface area contributed by atoms with E-state index in [1.54, 1.807) is 25.3 Å². The highest BCUT2D eigenvalue weighted by Crippen LogP contribution is 2.30. The van der Waals surface area contributed by atoms with Gasteiger partial charge in [0.25, 0.3) is 5.91 Å². The Morgan fingerprint density at radius 3 is 2.92 bits per heavy atom. The van der Waals surface area contributed by atoms with Gasteiger partial charge in [-0.3, -0.25) is 9.59 Å². The first-order chi connectivity index (χ1) is 11.5. The van der Waals surface area contributed by atoms with Crippen LogP contribution in [0.4, 0.5) is 0 Å². The van der Waals surface area contributed by atoms with Crippen LogP contribution in [-0.2, 0) is 11.2 Å². The molecule has 3 rings (SSSR count). The lowest BCUT2D eigenvalue weighted by atomic mass is 9.93. The number of carbonyl (C=O) groups is 2. The molecule has 2 N–H and O–H groups in total. The van der Waals surface area contributed by atoms with Gasteiger partial charge in [-0.25, -0.2) is 0 Å². The first-order valence-corrected chi connectivity index (χ1v) is 8.29. The van der Waals surface area contributed by atoms with Gasteiger partial charge in [0.05, 0.1) is 12.3 Å². The number of benzene rings is 1. The molecule has 1 aliphatic carbocycles.